The lowest BCUT2D eigenvalue weighted by atomic mass is 9.95. The Kier molecular flexibility index (Phi) is 9.03. The van der Waals surface area contributed by atoms with Crippen LogP contribution in [0, 0.1) is 0 Å². The number of unbranched alkanes of at least 4 members (excludes halogenated alkanes) is 2. The average molecular weight is 510 g/mol. The van der Waals surface area contributed by atoms with Gasteiger partial charge in [-0.15, -0.1) is 0 Å². The Labute approximate surface area is 219 Å². The van der Waals surface area contributed by atoms with Gasteiger partial charge < -0.3 is 19.1 Å². The highest BCUT2D eigenvalue weighted by Crippen LogP contribution is 2.32. The molecule has 2 aliphatic rings. The number of hydrogen-bond acceptors (Lipinski definition) is 6. The smallest absolute Gasteiger partial charge is 0.421 e. The van der Waals surface area contributed by atoms with Crippen molar-refractivity contribution in [3.05, 3.63) is 54.2 Å². The Balaban J connectivity index is 1.21. The summed E-state index contributed by atoms with van der Waals surface area (Å²) in [7, 11) is 0. The zero-order valence-corrected chi connectivity index (χ0v) is 22.2. The Bertz CT molecular complexity index is 1040. The molecular formula is C29H39N3O5. The minimum absolute atomic E-state index is 0.0525. The normalized spacial score (nSPS) is 19.4. The summed E-state index contributed by atoms with van der Waals surface area (Å²) < 4.78 is 17.2. The van der Waals surface area contributed by atoms with Gasteiger partial charge in [-0.3, -0.25) is 4.90 Å². The molecule has 8 nitrogen and oxygen atoms in total. The third-order valence-electron chi connectivity index (χ3n) is 6.68. The Morgan fingerprint density at radius 2 is 1.81 bits per heavy atom. The number of aromatic nitrogens is 1. The number of ether oxygens (including phenoxy) is 3. The van der Waals surface area contributed by atoms with Crippen molar-refractivity contribution in [3.63, 3.8) is 0 Å². The number of rotatable bonds is 8. The van der Waals surface area contributed by atoms with Crippen LogP contribution in [0.5, 0.6) is 5.75 Å². The van der Waals surface area contributed by atoms with Gasteiger partial charge in [-0.05, 0) is 76.6 Å². The van der Waals surface area contributed by atoms with Crippen molar-refractivity contribution < 1.29 is 23.8 Å². The second kappa shape index (κ2) is 12.4. The highest BCUT2D eigenvalue weighted by Gasteiger charge is 2.33. The summed E-state index contributed by atoms with van der Waals surface area (Å²) in [6, 6.07) is 13.2. The highest BCUT2D eigenvalue weighted by molar-refractivity contribution is 5.90. The lowest BCUT2D eigenvalue weighted by molar-refractivity contribution is 0.0206. The molecule has 0 aliphatic carbocycles. The van der Waals surface area contributed by atoms with Gasteiger partial charge in [-0.1, -0.05) is 37.1 Å². The van der Waals surface area contributed by atoms with E-state index in [1.165, 1.54) is 0 Å². The summed E-state index contributed by atoms with van der Waals surface area (Å²) in [6.07, 6.45) is 7.61. The van der Waals surface area contributed by atoms with E-state index >= 15 is 0 Å². The van der Waals surface area contributed by atoms with Crippen molar-refractivity contribution in [2.75, 3.05) is 24.6 Å². The van der Waals surface area contributed by atoms with Gasteiger partial charge in [-0.2, -0.15) is 0 Å². The van der Waals surface area contributed by atoms with Gasteiger partial charge in [0.1, 0.15) is 17.2 Å². The van der Waals surface area contributed by atoms with Crippen LogP contribution in [-0.4, -0.2) is 59.5 Å². The summed E-state index contributed by atoms with van der Waals surface area (Å²) in [5.74, 6) is 1.24. The van der Waals surface area contributed by atoms with Crippen molar-refractivity contribution >= 4 is 18.0 Å². The zero-order chi connectivity index (χ0) is 26.3. The first kappa shape index (κ1) is 26.9. The molecule has 2 atom stereocenters. The molecule has 2 aromatic rings. The number of amides is 2. The molecular weight excluding hydrogens is 470 g/mol. The quantitative estimate of drug-likeness (QED) is 0.407. The Morgan fingerprint density at radius 1 is 1.00 bits per heavy atom. The van der Waals surface area contributed by atoms with Gasteiger partial charge in [0, 0.05) is 25.4 Å². The number of para-hydroxylation sites is 1. The topological polar surface area (TPSA) is 81.2 Å². The van der Waals surface area contributed by atoms with Crippen molar-refractivity contribution in [1.29, 1.82) is 0 Å². The fraction of sp³-hybridized carbons (Fsp3) is 0.552. The molecule has 200 valence electrons. The van der Waals surface area contributed by atoms with Gasteiger partial charge in [0.25, 0.3) is 0 Å². The predicted octanol–water partition coefficient (Wildman–Crippen LogP) is 5.99. The highest BCUT2D eigenvalue weighted by atomic mass is 16.6. The van der Waals surface area contributed by atoms with Crippen LogP contribution in [0.15, 0.2) is 48.7 Å². The van der Waals surface area contributed by atoms with Gasteiger partial charge in [0.2, 0.25) is 0 Å². The van der Waals surface area contributed by atoms with E-state index in [0.29, 0.717) is 31.3 Å². The van der Waals surface area contributed by atoms with Crippen molar-refractivity contribution in [3.8, 4) is 5.75 Å². The van der Waals surface area contributed by atoms with Crippen molar-refractivity contribution in [2.45, 2.75) is 83.5 Å². The van der Waals surface area contributed by atoms with E-state index in [4.69, 9.17) is 14.2 Å². The molecule has 0 saturated carbocycles. The number of likely N-dealkylation sites (tertiary alicyclic amines) is 1. The SMILES string of the molecule is CC(C)(C)OC(=O)N1CC[C@@H](OCCCCCC2CCc3cccnc3N2C(=O)Oc2ccccc2)C1. The van der Waals surface area contributed by atoms with Gasteiger partial charge >= 0.3 is 12.2 Å². The van der Waals surface area contributed by atoms with Gasteiger partial charge in [0.05, 0.1) is 12.6 Å². The largest absolute Gasteiger partial charge is 0.444 e. The first-order valence-corrected chi connectivity index (χ1v) is 13.4. The molecule has 4 rings (SSSR count). The first-order valence-electron chi connectivity index (χ1n) is 13.4. The average Bonchev–Trinajstić information content (AvgIpc) is 3.34. The first-order chi connectivity index (χ1) is 17.8. The number of pyridine rings is 1. The monoisotopic (exact) mass is 509 g/mol. The Morgan fingerprint density at radius 3 is 2.59 bits per heavy atom. The molecule has 1 aromatic carbocycles. The molecule has 1 saturated heterocycles. The van der Waals surface area contributed by atoms with E-state index in [2.05, 4.69) is 4.98 Å². The van der Waals surface area contributed by atoms with Crippen LogP contribution in [-0.2, 0) is 15.9 Å². The van der Waals surface area contributed by atoms with Crippen molar-refractivity contribution in [1.82, 2.24) is 9.88 Å². The molecule has 3 heterocycles. The molecule has 2 amide bonds. The van der Waals surface area contributed by atoms with E-state index in [1.807, 2.05) is 51.1 Å². The standard InChI is InChI=1S/C29H39N3O5/c1-29(2,3)37-27(33)31-19-17-25(21-31)35-20-9-5-6-12-23-16-15-22-11-10-18-30-26(22)32(23)28(34)36-24-13-7-4-8-14-24/h4,7-8,10-11,13-14,18,23,25H,5-6,9,12,15-17,19-21H2,1-3H3/t23?,25-/m1/s1. The summed E-state index contributed by atoms with van der Waals surface area (Å²) >= 11 is 0. The van der Waals surface area contributed by atoms with Crippen LogP contribution in [0.25, 0.3) is 0 Å². The van der Waals surface area contributed by atoms with Crippen LogP contribution in [0.2, 0.25) is 0 Å². The van der Waals surface area contributed by atoms with E-state index in [9.17, 15) is 9.59 Å². The third kappa shape index (κ3) is 7.68. The van der Waals surface area contributed by atoms with Crippen LogP contribution in [0.4, 0.5) is 15.4 Å². The fourth-order valence-corrected chi connectivity index (χ4v) is 4.88. The lowest BCUT2D eigenvalue weighted by Crippen LogP contribution is -2.45. The number of carbonyl (C=O) groups is 2. The van der Waals surface area contributed by atoms with Crippen LogP contribution < -0.4 is 9.64 Å². The fourth-order valence-electron chi connectivity index (χ4n) is 4.88. The maximum absolute atomic E-state index is 13.2. The predicted molar refractivity (Wildman–Crippen MR) is 142 cm³/mol. The Hall–Kier alpha value is -3.13. The summed E-state index contributed by atoms with van der Waals surface area (Å²) in [4.78, 5) is 33.4. The van der Waals surface area contributed by atoms with Gasteiger partial charge in [-0.25, -0.2) is 14.6 Å². The molecule has 0 spiro atoms. The minimum Gasteiger partial charge on any atom is -0.444 e. The molecule has 0 radical (unpaired) electrons. The maximum Gasteiger partial charge on any atom is 0.421 e. The molecule has 0 N–H and O–H groups in total. The van der Waals surface area contributed by atoms with Crippen LogP contribution in [0.1, 0.15) is 64.9 Å². The van der Waals surface area contributed by atoms with Gasteiger partial charge in [0.15, 0.2) is 0 Å². The number of nitrogens with zero attached hydrogens (tertiary/aromatic N) is 3. The number of anilines is 1. The molecule has 0 bridgehead atoms. The number of benzene rings is 1. The maximum atomic E-state index is 13.2. The number of aryl methyl sites for hydroxylation is 1. The summed E-state index contributed by atoms with van der Waals surface area (Å²) in [6.45, 7) is 7.56. The molecule has 1 unspecified atom stereocenters. The summed E-state index contributed by atoms with van der Waals surface area (Å²) in [5.41, 5.74) is 0.592. The molecule has 37 heavy (non-hydrogen) atoms. The number of fused-ring (bicyclic) bond motifs is 1. The minimum atomic E-state index is -0.486. The van der Waals surface area contributed by atoms with Crippen LogP contribution in [0.3, 0.4) is 0 Å². The number of hydrogen-bond donors (Lipinski definition) is 0. The molecule has 2 aliphatic heterocycles. The second-order valence-corrected chi connectivity index (χ2v) is 10.8. The summed E-state index contributed by atoms with van der Waals surface area (Å²) in [5, 5.41) is 0. The zero-order valence-electron chi connectivity index (χ0n) is 22.2. The molecule has 1 fully saturated rings. The second-order valence-electron chi connectivity index (χ2n) is 10.8. The van der Waals surface area contributed by atoms with Crippen molar-refractivity contribution in [2.24, 2.45) is 0 Å². The van der Waals surface area contributed by atoms with E-state index in [1.54, 1.807) is 28.1 Å². The molecule has 1 aromatic heterocycles. The molecule has 8 heteroatoms. The van der Waals surface area contributed by atoms with Crippen LogP contribution >= 0.6 is 0 Å². The third-order valence-corrected chi connectivity index (χ3v) is 6.68. The van der Waals surface area contributed by atoms with E-state index < -0.39 is 5.60 Å². The number of carbonyl (C=O) groups excluding carboxylic acids is 2. The lowest BCUT2D eigenvalue weighted by Gasteiger charge is -2.35. The van der Waals surface area contributed by atoms with E-state index in [0.717, 1.165) is 50.5 Å². The van der Waals surface area contributed by atoms with E-state index in [-0.39, 0.29) is 24.3 Å².